The van der Waals surface area contributed by atoms with Crippen LogP contribution in [-0.4, -0.2) is 30.9 Å². The molecule has 2 aromatic rings. The van der Waals surface area contributed by atoms with Gasteiger partial charge in [-0.2, -0.15) is 4.98 Å². The summed E-state index contributed by atoms with van der Waals surface area (Å²) in [4.78, 5) is 4.18. The Hall–Kier alpha value is -2.09. The van der Waals surface area contributed by atoms with Crippen LogP contribution in [-0.2, 0) is 10.0 Å². The van der Waals surface area contributed by atoms with Crippen molar-refractivity contribution in [1.29, 1.82) is 0 Å². The predicted molar refractivity (Wildman–Crippen MR) is 83.3 cm³/mol. The van der Waals surface area contributed by atoms with Crippen LogP contribution in [0.5, 0.6) is 0 Å². The predicted octanol–water partition coefficient (Wildman–Crippen LogP) is 2.09. The summed E-state index contributed by atoms with van der Waals surface area (Å²) in [5.74, 6) is 1.34. The molecule has 1 fully saturated rings. The summed E-state index contributed by atoms with van der Waals surface area (Å²) in [6.07, 6.45) is 0.676. The molecule has 0 aliphatic carbocycles. The molecule has 118 valence electrons. The number of nitrogens with one attached hydrogen (secondary N) is 1. The van der Waals surface area contributed by atoms with E-state index in [0.29, 0.717) is 30.4 Å². The summed E-state index contributed by atoms with van der Waals surface area (Å²) in [6, 6.07) is 7.18. The lowest BCUT2D eigenvalue weighted by Crippen LogP contribution is -2.24. The molecular weight excluding hydrogens is 304 g/mol. The Morgan fingerprint density at radius 1 is 1.32 bits per heavy atom. The molecule has 22 heavy (non-hydrogen) atoms. The first kappa shape index (κ1) is 14.8. The Labute approximate surface area is 129 Å². The van der Waals surface area contributed by atoms with E-state index < -0.39 is 10.0 Å². The molecule has 0 spiro atoms. The number of anilines is 2. The smallest absolute Gasteiger partial charge is 0.248 e. The summed E-state index contributed by atoms with van der Waals surface area (Å²) in [7, 11) is -3.14. The first-order valence-electron chi connectivity index (χ1n) is 7.13. The fraction of sp³-hybridized carbons (Fsp3) is 0.429. The van der Waals surface area contributed by atoms with Crippen molar-refractivity contribution in [2.45, 2.75) is 26.3 Å². The number of hydrogen-bond acceptors (Lipinski definition) is 6. The van der Waals surface area contributed by atoms with Crippen LogP contribution in [0.4, 0.5) is 11.4 Å². The topological polar surface area (TPSA) is 88.3 Å². The number of aromatic nitrogens is 2. The van der Waals surface area contributed by atoms with Gasteiger partial charge in [0.25, 0.3) is 0 Å². The molecule has 1 aromatic heterocycles. The number of sulfonamides is 1. The van der Waals surface area contributed by atoms with Crippen LogP contribution < -0.4 is 9.62 Å². The highest BCUT2D eigenvalue weighted by atomic mass is 32.2. The molecule has 0 unspecified atom stereocenters. The largest absolute Gasteiger partial charge is 0.374 e. The average molecular weight is 322 g/mol. The highest BCUT2D eigenvalue weighted by molar-refractivity contribution is 7.93. The molecule has 8 heteroatoms. The van der Waals surface area contributed by atoms with E-state index in [9.17, 15) is 8.42 Å². The molecule has 0 amide bonds. The van der Waals surface area contributed by atoms with E-state index in [4.69, 9.17) is 4.52 Å². The monoisotopic (exact) mass is 322 g/mol. The number of aryl methyl sites for hydroxylation is 1. The normalized spacial score (nSPS) is 18.4. The molecule has 1 aliphatic rings. The van der Waals surface area contributed by atoms with Crippen molar-refractivity contribution >= 4 is 21.4 Å². The zero-order chi connectivity index (χ0) is 15.7. The summed E-state index contributed by atoms with van der Waals surface area (Å²) in [6.45, 7) is 4.24. The van der Waals surface area contributed by atoms with Crippen molar-refractivity contribution in [3.05, 3.63) is 36.0 Å². The van der Waals surface area contributed by atoms with Gasteiger partial charge >= 0.3 is 0 Å². The molecule has 0 radical (unpaired) electrons. The van der Waals surface area contributed by atoms with Crippen LogP contribution >= 0.6 is 0 Å². The van der Waals surface area contributed by atoms with E-state index in [0.717, 1.165) is 5.69 Å². The molecule has 3 rings (SSSR count). The van der Waals surface area contributed by atoms with Gasteiger partial charge in [0.2, 0.25) is 15.9 Å². The Morgan fingerprint density at radius 3 is 2.59 bits per heavy atom. The molecule has 1 aliphatic heterocycles. The highest BCUT2D eigenvalue weighted by Crippen LogP contribution is 2.26. The number of nitrogens with zero attached hydrogens (tertiary/aromatic N) is 3. The Balaban J connectivity index is 1.72. The van der Waals surface area contributed by atoms with Crippen molar-refractivity contribution in [2.75, 3.05) is 21.9 Å². The maximum atomic E-state index is 11.9. The standard InChI is InChI=1S/C14H18N4O3S/c1-10(14-16-11(2)17-21-14)15-12-4-6-13(7-5-12)18-8-3-9-22(18,19)20/h4-7,10,15H,3,8-9H2,1-2H3/t10-/m1/s1. The van der Waals surface area contributed by atoms with Crippen molar-refractivity contribution in [2.24, 2.45) is 0 Å². The second-order valence-corrected chi connectivity index (χ2v) is 7.35. The first-order chi connectivity index (χ1) is 10.5. The van der Waals surface area contributed by atoms with E-state index in [1.807, 2.05) is 19.1 Å². The molecule has 0 saturated carbocycles. The van der Waals surface area contributed by atoms with Gasteiger partial charge in [0.1, 0.15) is 6.04 Å². The molecule has 1 atom stereocenters. The lowest BCUT2D eigenvalue weighted by atomic mass is 10.2. The second kappa shape index (κ2) is 5.60. The second-order valence-electron chi connectivity index (χ2n) is 5.33. The zero-order valence-electron chi connectivity index (χ0n) is 12.5. The van der Waals surface area contributed by atoms with E-state index in [-0.39, 0.29) is 11.8 Å². The van der Waals surface area contributed by atoms with Gasteiger partial charge in [0.05, 0.1) is 11.4 Å². The molecule has 2 heterocycles. The summed E-state index contributed by atoms with van der Waals surface area (Å²) in [5, 5.41) is 7.01. The average Bonchev–Trinajstić information content (AvgIpc) is 3.05. The van der Waals surface area contributed by atoms with Gasteiger partial charge in [-0.25, -0.2) is 8.42 Å². The number of hydrogen-bond donors (Lipinski definition) is 1. The van der Waals surface area contributed by atoms with E-state index in [2.05, 4.69) is 15.5 Å². The van der Waals surface area contributed by atoms with Crippen LogP contribution in [0, 0.1) is 6.92 Å². The van der Waals surface area contributed by atoms with Gasteiger partial charge < -0.3 is 9.84 Å². The van der Waals surface area contributed by atoms with Crippen molar-refractivity contribution in [3.63, 3.8) is 0 Å². The van der Waals surface area contributed by atoms with Crippen LogP contribution in [0.3, 0.4) is 0 Å². The Morgan fingerprint density at radius 2 is 2.05 bits per heavy atom. The van der Waals surface area contributed by atoms with Gasteiger partial charge in [-0.1, -0.05) is 5.16 Å². The zero-order valence-corrected chi connectivity index (χ0v) is 13.3. The van der Waals surface area contributed by atoms with Crippen LogP contribution in [0.15, 0.2) is 28.8 Å². The molecule has 0 bridgehead atoms. The molecule has 1 N–H and O–H groups in total. The molecule has 1 saturated heterocycles. The van der Waals surface area contributed by atoms with Crippen LogP contribution in [0.25, 0.3) is 0 Å². The minimum Gasteiger partial charge on any atom is -0.374 e. The van der Waals surface area contributed by atoms with Crippen LogP contribution in [0.2, 0.25) is 0 Å². The lowest BCUT2D eigenvalue weighted by Gasteiger charge is -2.18. The number of rotatable bonds is 4. The minimum absolute atomic E-state index is 0.123. The molecule has 1 aromatic carbocycles. The number of benzene rings is 1. The third-order valence-electron chi connectivity index (χ3n) is 3.55. The lowest BCUT2D eigenvalue weighted by molar-refractivity contribution is 0.364. The van der Waals surface area contributed by atoms with Crippen LogP contribution in [0.1, 0.15) is 31.1 Å². The van der Waals surface area contributed by atoms with Crippen molar-refractivity contribution in [3.8, 4) is 0 Å². The van der Waals surface area contributed by atoms with Gasteiger partial charge in [0, 0.05) is 12.2 Å². The maximum absolute atomic E-state index is 11.9. The first-order valence-corrected chi connectivity index (χ1v) is 8.74. The third kappa shape index (κ3) is 2.92. The van der Waals surface area contributed by atoms with Gasteiger partial charge in [-0.3, -0.25) is 4.31 Å². The maximum Gasteiger partial charge on any atom is 0.248 e. The fourth-order valence-electron chi connectivity index (χ4n) is 2.45. The van der Waals surface area contributed by atoms with Gasteiger partial charge in [-0.05, 0) is 44.5 Å². The minimum atomic E-state index is -3.14. The van der Waals surface area contributed by atoms with Gasteiger partial charge in [-0.15, -0.1) is 0 Å². The Kier molecular flexibility index (Phi) is 3.78. The molecule has 7 nitrogen and oxygen atoms in total. The quantitative estimate of drug-likeness (QED) is 0.927. The third-order valence-corrected chi connectivity index (χ3v) is 5.42. The van der Waals surface area contributed by atoms with Gasteiger partial charge in [0.15, 0.2) is 5.82 Å². The van der Waals surface area contributed by atoms with Crippen molar-refractivity contribution < 1.29 is 12.9 Å². The van der Waals surface area contributed by atoms with Crippen molar-refractivity contribution in [1.82, 2.24) is 10.1 Å². The van der Waals surface area contributed by atoms with E-state index >= 15 is 0 Å². The summed E-state index contributed by atoms with van der Waals surface area (Å²) < 4.78 is 30.4. The fourth-order valence-corrected chi connectivity index (χ4v) is 4.02. The van der Waals surface area contributed by atoms with E-state index in [1.54, 1.807) is 19.1 Å². The SMILES string of the molecule is Cc1noc([C@@H](C)Nc2ccc(N3CCCS3(=O)=O)cc2)n1. The Bertz CT molecular complexity index is 755. The molecular formula is C14H18N4O3S. The van der Waals surface area contributed by atoms with E-state index in [1.165, 1.54) is 4.31 Å². The highest BCUT2D eigenvalue weighted by Gasteiger charge is 2.28. The summed E-state index contributed by atoms with van der Waals surface area (Å²) >= 11 is 0. The summed E-state index contributed by atoms with van der Waals surface area (Å²) in [5.41, 5.74) is 1.56.